The Kier molecular flexibility index (Phi) is 8.71. The van der Waals surface area contributed by atoms with Crippen molar-refractivity contribution in [2.75, 3.05) is 25.0 Å². The molecular weight excluding hydrogens is 406 g/mol. The SMILES string of the molecule is CC(C)Oc1cccc(CCCNC(=S)Nc2ccc(C(=O)N3CCCCC3)cc2)c1. The Morgan fingerprint density at radius 1 is 1.10 bits per heavy atom. The van der Waals surface area contributed by atoms with Gasteiger partial charge in [-0.2, -0.15) is 0 Å². The van der Waals surface area contributed by atoms with Gasteiger partial charge < -0.3 is 20.3 Å². The Morgan fingerprint density at radius 2 is 1.84 bits per heavy atom. The zero-order valence-electron chi connectivity index (χ0n) is 18.5. The van der Waals surface area contributed by atoms with Crippen LogP contribution in [0.1, 0.15) is 55.5 Å². The van der Waals surface area contributed by atoms with E-state index >= 15 is 0 Å². The smallest absolute Gasteiger partial charge is 0.253 e. The highest BCUT2D eigenvalue weighted by molar-refractivity contribution is 7.80. The van der Waals surface area contributed by atoms with Gasteiger partial charge in [0.1, 0.15) is 5.75 Å². The molecule has 0 radical (unpaired) electrons. The first-order chi connectivity index (χ1) is 15.0. The zero-order valence-corrected chi connectivity index (χ0v) is 19.3. The lowest BCUT2D eigenvalue weighted by Crippen LogP contribution is -2.35. The van der Waals surface area contributed by atoms with Crippen LogP contribution in [0.5, 0.6) is 5.75 Å². The molecule has 166 valence electrons. The van der Waals surface area contributed by atoms with Crippen LogP contribution in [0.4, 0.5) is 5.69 Å². The van der Waals surface area contributed by atoms with E-state index in [-0.39, 0.29) is 12.0 Å². The molecule has 31 heavy (non-hydrogen) atoms. The third kappa shape index (κ3) is 7.55. The molecule has 1 aliphatic heterocycles. The molecule has 2 aromatic rings. The van der Waals surface area contributed by atoms with Crippen molar-refractivity contribution in [3.63, 3.8) is 0 Å². The number of hydrogen-bond acceptors (Lipinski definition) is 3. The molecule has 0 aromatic heterocycles. The second-order valence-electron chi connectivity index (χ2n) is 8.23. The van der Waals surface area contributed by atoms with Crippen LogP contribution in [0.15, 0.2) is 48.5 Å². The van der Waals surface area contributed by atoms with E-state index in [0.29, 0.717) is 5.11 Å². The second kappa shape index (κ2) is 11.7. The Balaban J connectivity index is 1.39. The summed E-state index contributed by atoms with van der Waals surface area (Å²) in [6, 6.07) is 15.8. The van der Waals surface area contributed by atoms with Crippen LogP contribution >= 0.6 is 12.2 Å². The average molecular weight is 440 g/mol. The summed E-state index contributed by atoms with van der Waals surface area (Å²) in [4.78, 5) is 14.5. The third-order valence-corrected chi connectivity index (χ3v) is 5.48. The van der Waals surface area contributed by atoms with Crippen LogP contribution in [-0.2, 0) is 6.42 Å². The molecule has 5 nitrogen and oxygen atoms in total. The van der Waals surface area contributed by atoms with E-state index in [1.165, 1.54) is 12.0 Å². The van der Waals surface area contributed by atoms with Gasteiger partial charge in [0.05, 0.1) is 6.10 Å². The van der Waals surface area contributed by atoms with Crippen molar-refractivity contribution < 1.29 is 9.53 Å². The van der Waals surface area contributed by atoms with Gasteiger partial charge in [0.15, 0.2) is 5.11 Å². The Labute approximate surface area is 191 Å². The fourth-order valence-corrected chi connectivity index (χ4v) is 3.91. The molecule has 2 aromatic carbocycles. The number of likely N-dealkylation sites (tertiary alicyclic amines) is 1. The number of amides is 1. The number of aryl methyl sites for hydroxylation is 1. The number of carbonyl (C=O) groups excluding carboxylic acids is 1. The maximum absolute atomic E-state index is 12.6. The van der Waals surface area contributed by atoms with E-state index in [0.717, 1.165) is 62.3 Å². The van der Waals surface area contributed by atoms with Crippen molar-refractivity contribution in [2.24, 2.45) is 0 Å². The van der Waals surface area contributed by atoms with Gasteiger partial charge in [0, 0.05) is 30.9 Å². The van der Waals surface area contributed by atoms with Gasteiger partial charge in [-0.1, -0.05) is 12.1 Å². The van der Waals surface area contributed by atoms with Crippen molar-refractivity contribution in [2.45, 2.75) is 52.1 Å². The molecule has 1 amide bonds. The summed E-state index contributed by atoms with van der Waals surface area (Å²) in [5.41, 5.74) is 2.87. The van der Waals surface area contributed by atoms with E-state index in [1.54, 1.807) is 0 Å². The molecule has 0 saturated carbocycles. The quantitative estimate of drug-likeness (QED) is 0.447. The minimum Gasteiger partial charge on any atom is -0.491 e. The molecular formula is C25H33N3O2S. The van der Waals surface area contributed by atoms with Crippen LogP contribution < -0.4 is 15.4 Å². The number of ether oxygens (including phenoxy) is 1. The van der Waals surface area contributed by atoms with Crippen molar-refractivity contribution >= 4 is 28.9 Å². The predicted octanol–water partition coefficient (Wildman–Crippen LogP) is 5.02. The number of benzene rings is 2. The normalized spacial score (nSPS) is 13.7. The first-order valence-electron chi connectivity index (χ1n) is 11.2. The van der Waals surface area contributed by atoms with Crippen LogP contribution in [-0.4, -0.2) is 41.7 Å². The van der Waals surface area contributed by atoms with E-state index in [4.69, 9.17) is 17.0 Å². The fourth-order valence-electron chi connectivity index (χ4n) is 3.69. The summed E-state index contributed by atoms with van der Waals surface area (Å²) >= 11 is 5.40. The summed E-state index contributed by atoms with van der Waals surface area (Å²) in [5, 5.41) is 7.03. The highest BCUT2D eigenvalue weighted by Crippen LogP contribution is 2.17. The first kappa shape index (κ1) is 23.1. The summed E-state index contributed by atoms with van der Waals surface area (Å²) in [6.45, 7) is 6.58. The molecule has 1 heterocycles. The summed E-state index contributed by atoms with van der Waals surface area (Å²) in [7, 11) is 0. The van der Waals surface area contributed by atoms with Crippen LogP contribution in [0.2, 0.25) is 0 Å². The maximum Gasteiger partial charge on any atom is 0.253 e. The van der Waals surface area contributed by atoms with Gasteiger partial charge in [-0.25, -0.2) is 0 Å². The maximum atomic E-state index is 12.6. The monoisotopic (exact) mass is 439 g/mol. The highest BCUT2D eigenvalue weighted by atomic mass is 32.1. The molecule has 0 bridgehead atoms. The molecule has 6 heteroatoms. The fraction of sp³-hybridized carbons (Fsp3) is 0.440. The Hall–Kier alpha value is -2.60. The summed E-state index contributed by atoms with van der Waals surface area (Å²) in [6.07, 6.45) is 5.52. The topological polar surface area (TPSA) is 53.6 Å². The predicted molar refractivity (Wildman–Crippen MR) is 131 cm³/mol. The van der Waals surface area contributed by atoms with E-state index in [2.05, 4.69) is 22.8 Å². The van der Waals surface area contributed by atoms with Crippen LogP contribution in [0.25, 0.3) is 0 Å². The van der Waals surface area contributed by atoms with Gasteiger partial charge in [0.2, 0.25) is 0 Å². The highest BCUT2D eigenvalue weighted by Gasteiger charge is 2.17. The lowest BCUT2D eigenvalue weighted by molar-refractivity contribution is 0.0724. The molecule has 1 saturated heterocycles. The molecule has 2 N–H and O–H groups in total. The van der Waals surface area contributed by atoms with Gasteiger partial charge >= 0.3 is 0 Å². The van der Waals surface area contributed by atoms with Crippen LogP contribution in [0.3, 0.4) is 0 Å². The van der Waals surface area contributed by atoms with E-state index in [9.17, 15) is 4.79 Å². The summed E-state index contributed by atoms with van der Waals surface area (Å²) in [5.74, 6) is 1.04. The van der Waals surface area contributed by atoms with E-state index in [1.807, 2.05) is 55.1 Å². The van der Waals surface area contributed by atoms with Gasteiger partial charge in [-0.05, 0) is 100 Å². The number of rotatable bonds is 8. The van der Waals surface area contributed by atoms with Gasteiger partial charge in [0.25, 0.3) is 5.91 Å². The lowest BCUT2D eigenvalue weighted by atomic mass is 10.1. The molecule has 0 unspecified atom stereocenters. The lowest BCUT2D eigenvalue weighted by Gasteiger charge is -2.26. The first-order valence-corrected chi connectivity index (χ1v) is 11.6. The Bertz CT molecular complexity index is 861. The number of hydrogen-bond donors (Lipinski definition) is 2. The number of nitrogens with zero attached hydrogens (tertiary/aromatic N) is 1. The molecule has 0 aliphatic carbocycles. The van der Waals surface area contributed by atoms with Gasteiger partial charge in [-0.3, -0.25) is 4.79 Å². The minimum absolute atomic E-state index is 0.120. The van der Waals surface area contributed by atoms with Gasteiger partial charge in [-0.15, -0.1) is 0 Å². The molecule has 1 fully saturated rings. The van der Waals surface area contributed by atoms with Crippen molar-refractivity contribution in [3.8, 4) is 5.75 Å². The molecule has 3 rings (SSSR count). The molecule has 0 spiro atoms. The summed E-state index contributed by atoms with van der Waals surface area (Å²) < 4.78 is 5.75. The van der Waals surface area contributed by atoms with E-state index < -0.39 is 0 Å². The zero-order chi connectivity index (χ0) is 22.1. The van der Waals surface area contributed by atoms with Crippen molar-refractivity contribution in [1.82, 2.24) is 10.2 Å². The molecule has 1 aliphatic rings. The number of piperidine rings is 1. The number of nitrogens with one attached hydrogen (secondary N) is 2. The average Bonchev–Trinajstić information content (AvgIpc) is 2.77. The standard InChI is InChI=1S/C25H33N3O2S/c1-19(2)30-23-10-6-8-20(18-23)9-7-15-26-25(31)27-22-13-11-21(12-14-22)24(29)28-16-4-3-5-17-28/h6,8,10-14,18-19H,3-5,7,9,15-17H2,1-2H3,(H2,26,27,31). The van der Waals surface area contributed by atoms with Crippen LogP contribution in [0, 0.1) is 0 Å². The molecule has 0 atom stereocenters. The number of thiocarbonyl (C=S) groups is 1. The van der Waals surface area contributed by atoms with Crippen molar-refractivity contribution in [3.05, 3.63) is 59.7 Å². The second-order valence-corrected chi connectivity index (χ2v) is 8.64. The minimum atomic E-state index is 0.120. The third-order valence-electron chi connectivity index (χ3n) is 5.23. The van der Waals surface area contributed by atoms with Crippen molar-refractivity contribution in [1.29, 1.82) is 0 Å². The largest absolute Gasteiger partial charge is 0.491 e. The Morgan fingerprint density at radius 3 is 2.55 bits per heavy atom. The number of anilines is 1. The number of carbonyl (C=O) groups is 1.